The number of carbonyl (C=O) groups excluding carboxylic acids is 1. The van der Waals surface area contributed by atoms with Crippen molar-refractivity contribution in [3.63, 3.8) is 0 Å². The molecule has 0 bridgehead atoms. The molecule has 0 saturated carbocycles. The number of fused-ring (bicyclic) bond motifs is 1. The molecule has 2 aromatic heterocycles. The van der Waals surface area contributed by atoms with Crippen LogP contribution in [0.4, 0.5) is 0 Å². The highest BCUT2D eigenvalue weighted by molar-refractivity contribution is 5.96. The molecule has 0 saturated heterocycles. The van der Waals surface area contributed by atoms with Gasteiger partial charge in [0, 0.05) is 31.2 Å². The summed E-state index contributed by atoms with van der Waals surface area (Å²) < 4.78 is 1.86. The number of pyridine rings is 1. The second kappa shape index (κ2) is 6.43. The van der Waals surface area contributed by atoms with E-state index in [1.807, 2.05) is 29.9 Å². The molecule has 2 heterocycles. The number of rotatable bonds is 4. The van der Waals surface area contributed by atoms with E-state index in [9.17, 15) is 4.79 Å². The molecule has 0 N–H and O–H groups in total. The summed E-state index contributed by atoms with van der Waals surface area (Å²) in [6.07, 6.45) is 3.40. The molecular weight excluding hydrogens is 300 g/mol. The Morgan fingerprint density at radius 3 is 2.58 bits per heavy atom. The molecule has 0 aliphatic heterocycles. The van der Waals surface area contributed by atoms with Gasteiger partial charge in [0.05, 0.1) is 11.8 Å². The first kappa shape index (κ1) is 16.2. The number of hydrogen-bond donors (Lipinski definition) is 0. The Hall–Kier alpha value is -2.69. The zero-order valence-electron chi connectivity index (χ0n) is 14.5. The Morgan fingerprint density at radius 2 is 1.92 bits per heavy atom. The molecule has 1 aromatic carbocycles. The van der Waals surface area contributed by atoms with Gasteiger partial charge in [-0.15, -0.1) is 0 Å². The number of nitrogens with zero attached hydrogens (tertiary/aromatic N) is 4. The number of carbonyl (C=O) groups is 1. The standard InChI is InChI=1S/C19H22N4O/c1-13(2)23-18-16(11-21-23)9-17(10-20-18)19(24)22(4)12-15-7-5-14(3)6-8-15/h5-11,13H,12H2,1-4H3. The highest BCUT2D eigenvalue weighted by Crippen LogP contribution is 2.18. The Labute approximate surface area is 141 Å². The van der Waals surface area contributed by atoms with Crippen molar-refractivity contribution < 1.29 is 4.79 Å². The van der Waals surface area contributed by atoms with Crippen LogP contribution in [0, 0.1) is 6.92 Å². The maximum Gasteiger partial charge on any atom is 0.255 e. The van der Waals surface area contributed by atoms with Gasteiger partial charge in [-0.3, -0.25) is 4.79 Å². The summed E-state index contributed by atoms with van der Waals surface area (Å²) >= 11 is 0. The molecule has 0 aliphatic carbocycles. The van der Waals surface area contributed by atoms with Crippen LogP contribution in [0.3, 0.4) is 0 Å². The van der Waals surface area contributed by atoms with Crippen LogP contribution < -0.4 is 0 Å². The molecule has 0 aliphatic rings. The van der Waals surface area contributed by atoms with E-state index >= 15 is 0 Å². The molecule has 0 unspecified atom stereocenters. The summed E-state index contributed by atoms with van der Waals surface area (Å²) in [4.78, 5) is 18.8. The van der Waals surface area contributed by atoms with E-state index in [2.05, 4.69) is 43.0 Å². The van der Waals surface area contributed by atoms with Crippen LogP contribution >= 0.6 is 0 Å². The lowest BCUT2D eigenvalue weighted by atomic mass is 10.1. The molecule has 24 heavy (non-hydrogen) atoms. The summed E-state index contributed by atoms with van der Waals surface area (Å²) in [5.41, 5.74) is 3.71. The zero-order chi connectivity index (χ0) is 17.3. The van der Waals surface area contributed by atoms with Crippen LogP contribution in [0.15, 0.2) is 42.7 Å². The molecule has 3 aromatic rings. The first-order valence-electron chi connectivity index (χ1n) is 8.10. The molecule has 124 valence electrons. The molecule has 0 spiro atoms. The van der Waals surface area contributed by atoms with Gasteiger partial charge in [-0.25, -0.2) is 9.67 Å². The second-order valence-electron chi connectivity index (χ2n) is 6.47. The van der Waals surface area contributed by atoms with E-state index in [1.54, 1.807) is 17.3 Å². The molecule has 0 atom stereocenters. The maximum absolute atomic E-state index is 12.7. The summed E-state index contributed by atoms with van der Waals surface area (Å²) in [6, 6.07) is 10.3. The van der Waals surface area contributed by atoms with Crippen molar-refractivity contribution in [1.29, 1.82) is 0 Å². The third-order valence-corrected chi connectivity index (χ3v) is 4.06. The Morgan fingerprint density at radius 1 is 1.21 bits per heavy atom. The van der Waals surface area contributed by atoms with Crippen molar-refractivity contribution in [3.8, 4) is 0 Å². The minimum absolute atomic E-state index is 0.0396. The molecule has 5 nitrogen and oxygen atoms in total. The van der Waals surface area contributed by atoms with Crippen molar-refractivity contribution in [2.45, 2.75) is 33.4 Å². The average Bonchev–Trinajstić information content (AvgIpc) is 2.99. The van der Waals surface area contributed by atoms with Gasteiger partial charge in [0.1, 0.15) is 0 Å². The van der Waals surface area contributed by atoms with Crippen molar-refractivity contribution in [1.82, 2.24) is 19.7 Å². The third kappa shape index (κ3) is 3.15. The first-order chi connectivity index (χ1) is 11.5. The van der Waals surface area contributed by atoms with Crippen molar-refractivity contribution in [3.05, 3.63) is 59.4 Å². The van der Waals surface area contributed by atoms with E-state index in [0.717, 1.165) is 16.6 Å². The minimum Gasteiger partial charge on any atom is -0.337 e. The van der Waals surface area contributed by atoms with Crippen LogP contribution in [0.1, 0.15) is 41.4 Å². The van der Waals surface area contributed by atoms with Gasteiger partial charge >= 0.3 is 0 Å². The first-order valence-corrected chi connectivity index (χ1v) is 8.10. The Balaban J connectivity index is 1.81. The van der Waals surface area contributed by atoms with Gasteiger partial charge in [-0.1, -0.05) is 29.8 Å². The van der Waals surface area contributed by atoms with Gasteiger partial charge in [0.25, 0.3) is 5.91 Å². The van der Waals surface area contributed by atoms with E-state index in [-0.39, 0.29) is 11.9 Å². The predicted octanol–water partition coefficient (Wildman–Crippen LogP) is 3.59. The fourth-order valence-electron chi connectivity index (χ4n) is 2.69. The molecule has 3 rings (SSSR count). The largest absolute Gasteiger partial charge is 0.337 e. The highest BCUT2D eigenvalue weighted by atomic mass is 16.2. The van der Waals surface area contributed by atoms with Gasteiger partial charge in [0.2, 0.25) is 0 Å². The zero-order valence-corrected chi connectivity index (χ0v) is 14.5. The lowest BCUT2D eigenvalue weighted by Crippen LogP contribution is -2.26. The fourth-order valence-corrected chi connectivity index (χ4v) is 2.69. The number of hydrogen-bond acceptors (Lipinski definition) is 3. The van der Waals surface area contributed by atoms with Crippen molar-refractivity contribution in [2.75, 3.05) is 7.05 Å². The molecule has 1 amide bonds. The average molecular weight is 322 g/mol. The van der Waals surface area contributed by atoms with Crippen LogP contribution in [0.25, 0.3) is 11.0 Å². The number of benzene rings is 1. The summed E-state index contributed by atoms with van der Waals surface area (Å²) in [6.45, 7) is 6.74. The summed E-state index contributed by atoms with van der Waals surface area (Å²) in [5.74, 6) is -0.0396. The van der Waals surface area contributed by atoms with Crippen LogP contribution in [0.5, 0.6) is 0 Å². The Bertz CT molecular complexity index is 865. The Kier molecular flexibility index (Phi) is 4.34. The molecular formula is C19H22N4O. The normalized spacial score (nSPS) is 11.2. The van der Waals surface area contributed by atoms with E-state index < -0.39 is 0 Å². The van der Waals surface area contributed by atoms with Gasteiger partial charge in [0.15, 0.2) is 5.65 Å². The maximum atomic E-state index is 12.7. The van der Waals surface area contributed by atoms with E-state index in [4.69, 9.17) is 0 Å². The second-order valence-corrected chi connectivity index (χ2v) is 6.47. The number of aromatic nitrogens is 3. The fraction of sp³-hybridized carbons (Fsp3) is 0.316. The van der Waals surface area contributed by atoms with Crippen molar-refractivity contribution in [2.24, 2.45) is 0 Å². The number of aryl methyl sites for hydroxylation is 1. The smallest absolute Gasteiger partial charge is 0.255 e. The molecule has 0 radical (unpaired) electrons. The third-order valence-electron chi connectivity index (χ3n) is 4.06. The monoisotopic (exact) mass is 322 g/mol. The molecule has 0 fully saturated rings. The highest BCUT2D eigenvalue weighted by Gasteiger charge is 2.15. The lowest BCUT2D eigenvalue weighted by molar-refractivity contribution is 0.0785. The minimum atomic E-state index is -0.0396. The van der Waals surface area contributed by atoms with E-state index in [0.29, 0.717) is 12.1 Å². The van der Waals surface area contributed by atoms with Gasteiger partial charge < -0.3 is 4.90 Å². The summed E-state index contributed by atoms with van der Waals surface area (Å²) in [7, 11) is 1.81. The number of amides is 1. The van der Waals surface area contributed by atoms with Crippen LogP contribution in [-0.4, -0.2) is 32.6 Å². The van der Waals surface area contributed by atoms with Crippen LogP contribution in [0.2, 0.25) is 0 Å². The van der Waals surface area contributed by atoms with Crippen molar-refractivity contribution >= 4 is 16.9 Å². The predicted molar refractivity (Wildman–Crippen MR) is 94.9 cm³/mol. The summed E-state index contributed by atoms with van der Waals surface area (Å²) in [5, 5.41) is 5.23. The van der Waals surface area contributed by atoms with E-state index in [1.165, 1.54) is 5.56 Å². The molecule has 5 heteroatoms. The van der Waals surface area contributed by atoms with Gasteiger partial charge in [-0.05, 0) is 32.4 Å². The quantitative estimate of drug-likeness (QED) is 0.737. The van der Waals surface area contributed by atoms with Crippen LogP contribution in [-0.2, 0) is 6.54 Å². The lowest BCUT2D eigenvalue weighted by Gasteiger charge is -2.17. The SMILES string of the molecule is Cc1ccc(CN(C)C(=O)c2cnc3c(cnn3C(C)C)c2)cc1. The topological polar surface area (TPSA) is 51.0 Å². The van der Waals surface area contributed by atoms with Gasteiger partial charge in [-0.2, -0.15) is 5.10 Å².